The molecule has 0 bridgehead atoms. The number of aromatic carboxylic acids is 1. The minimum atomic E-state index is -1.05. The first-order valence-electron chi connectivity index (χ1n) is 6.58. The Balaban J connectivity index is 2.09. The summed E-state index contributed by atoms with van der Waals surface area (Å²) in [4.78, 5) is 24.9. The topological polar surface area (TPSA) is 78.9 Å². The van der Waals surface area contributed by atoms with E-state index in [9.17, 15) is 9.59 Å². The molecule has 21 heavy (non-hydrogen) atoms. The third kappa shape index (κ3) is 3.54. The minimum Gasteiger partial charge on any atom is -0.478 e. The van der Waals surface area contributed by atoms with Crippen LogP contribution >= 0.6 is 15.9 Å². The lowest BCUT2D eigenvalue weighted by Gasteiger charge is -2.27. The van der Waals surface area contributed by atoms with Crippen LogP contribution in [0.5, 0.6) is 0 Å². The van der Waals surface area contributed by atoms with Crippen molar-refractivity contribution in [2.75, 3.05) is 19.0 Å². The lowest BCUT2D eigenvalue weighted by atomic mass is 10.1. The second kappa shape index (κ2) is 6.44. The summed E-state index contributed by atoms with van der Waals surface area (Å²) in [5.41, 5.74) is 0.548. The van der Waals surface area contributed by atoms with E-state index in [4.69, 9.17) is 9.84 Å². The first-order chi connectivity index (χ1) is 9.90. The van der Waals surface area contributed by atoms with Gasteiger partial charge >= 0.3 is 12.0 Å². The Morgan fingerprint density at radius 1 is 1.48 bits per heavy atom. The minimum absolute atomic E-state index is 0.000230. The van der Waals surface area contributed by atoms with E-state index < -0.39 is 5.97 Å². The molecule has 2 atom stereocenters. The van der Waals surface area contributed by atoms with Gasteiger partial charge in [-0.1, -0.05) is 0 Å². The number of ether oxygens (including phenoxy) is 1. The number of nitrogens with zero attached hydrogens (tertiary/aromatic N) is 1. The number of rotatable bonds is 3. The van der Waals surface area contributed by atoms with Crippen LogP contribution in [0.3, 0.4) is 0 Å². The van der Waals surface area contributed by atoms with E-state index in [1.165, 1.54) is 6.07 Å². The summed E-state index contributed by atoms with van der Waals surface area (Å²) < 4.78 is 5.92. The predicted octanol–water partition coefficient (Wildman–Crippen LogP) is 2.79. The van der Waals surface area contributed by atoms with E-state index >= 15 is 0 Å². The highest BCUT2D eigenvalue weighted by molar-refractivity contribution is 9.10. The summed E-state index contributed by atoms with van der Waals surface area (Å²) in [6.07, 6.45) is 0.798. The van der Waals surface area contributed by atoms with Crippen LogP contribution in [-0.2, 0) is 4.74 Å². The zero-order valence-electron chi connectivity index (χ0n) is 11.8. The zero-order chi connectivity index (χ0) is 15.6. The highest BCUT2D eigenvalue weighted by atomic mass is 79.9. The van der Waals surface area contributed by atoms with Crippen molar-refractivity contribution in [3.63, 3.8) is 0 Å². The van der Waals surface area contributed by atoms with Crippen LogP contribution in [-0.4, -0.2) is 47.8 Å². The maximum Gasteiger partial charge on any atom is 0.336 e. The van der Waals surface area contributed by atoms with Crippen LogP contribution in [0.25, 0.3) is 0 Å². The average Bonchev–Trinajstić information content (AvgIpc) is 2.85. The summed E-state index contributed by atoms with van der Waals surface area (Å²) in [5.74, 6) is -1.05. The number of hydrogen-bond donors (Lipinski definition) is 2. The molecule has 0 radical (unpaired) electrons. The lowest BCUT2D eigenvalue weighted by molar-refractivity contribution is 0.0696. The lowest BCUT2D eigenvalue weighted by Crippen LogP contribution is -2.43. The van der Waals surface area contributed by atoms with Gasteiger partial charge in [-0.15, -0.1) is 0 Å². The molecule has 2 amide bonds. The highest BCUT2D eigenvalue weighted by Gasteiger charge is 2.30. The largest absolute Gasteiger partial charge is 0.478 e. The van der Waals surface area contributed by atoms with Crippen molar-refractivity contribution in [3.8, 4) is 0 Å². The molecule has 7 heteroatoms. The van der Waals surface area contributed by atoms with Gasteiger partial charge in [0, 0.05) is 23.8 Å². The Bertz CT molecular complexity index is 564. The number of carbonyl (C=O) groups is 2. The van der Waals surface area contributed by atoms with E-state index in [1.807, 2.05) is 6.92 Å². The number of benzene rings is 1. The quantitative estimate of drug-likeness (QED) is 0.872. The van der Waals surface area contributed by atoms with E-state index in [0.29, 0.717) is 16.8 Å². The van der Waals surface area contributed by atoms with Gasteiger partial charge in [0.05, 0.1) is 17.7 Å². The van der Waals surface area contributed by atoms with Crippen molar-refractivity contribution in [2.45, 2.75) is 25.5 Å². The summed E-state index contributed by atoms with van der Waals surface area (Å²) in [6.45, 7) is 2.58. The van der Waals surface area contributed by atoms with Gasteiger partial charge in [0.1, 0.15) is 0 Å². The summed E-state index contributed by atoms with van der Waals surface area (Å²) in [5, 5.41) is 11.8. The second-order valence-corrected chi connectivity index (χ2v) is 5.83. The number of halogens is 1. The molecule has 1 heterocycles. The molecular formula is C14H17BrN2O4. The molecule has 2 rings (SSSR count). The van der Waals surface area contributed by atoms with Crippen molar-refractivity contribution in [1.29, 1.82) is 0 Å². The van der Waals surface area contributed by atoms with Crippen molar-refractivity contribution in [2.24, 2.45) is 0 Å². The summed E-state index contributed by atoms with van der Waals surface area (Å²) in [6, 6.07) is 4.42. The van der Waals surface area contributed by atoms with Gasteiger partial charge in [-0.3, -0.25) is 0 Å². The molecule has 2 unspecified atom stereocenters. The molecule has 2 N–H and O–H groups in total. The maximum atomic E-state index is 12.2. The van der Waals surface area contributed by atoms with Crippen molar-refractivity contribution >= 4 is 33.6 Å². The van der Waals surface area contributed by atoms with E-state index in [1.54, 1.807) is 24.1 Å². The number of anilines is 1. The Hall–Kier alpha value is -1.60. The average molecular weight is 357 g/mol. The third-order valence-corrected chi connectivity index (χ3v) is 4.29. The molecule has 6 nitrogen and oxygen atoms in total. The Morgan fingerprint density at radius 3 is 2.76 bits per heavy atom. The number of carbonyl (C=O) groups excluding carboxylic acids is 1. The third-order valence-electron chi connectivity index (χ3n) is 3.60. The van der Waals surface area contributed by atoms with Crippen LogP contribution in [0.1, 0.15) is 23.7 Å². The van der Waals surface area contributed by atoms with Crippen molar-refractivity contribution in [1.82, 2.24) is 4.90 Å². The monoisotopic (exact) mass is 356 g/mol. The molecule has 0 aromatic heterocycles. The maximum absolute atomic E-state index is 12.2. The number of nitrogens with one attached hydrogen (secondary N) is 1. The van der Waals surface area contributed by atoms with E-state index in [0.717, 1.165) is 6.42 Å². The molecule has 0 saturated carbocycles. The first-order valence-corrected chi connectivity index (χ1v) is 7.37. The summed E-state index contributed by atoms with van der Waals surface area (Å²) in [7, 11) is 1.71. The molecule has 1 aromatic rings. The number of hydrogen-bond acceptors (Lipinski definition) is 3. The van der Waals surface area contributed by atoms with Crippen LogP contribution < -0.4 is 5.32 Å². The molecule has 0 aliphatic carbocycles. The molecular weight excluding hydrogens is 340 g/mol. The van der Waals surface area contributed by atoms with Gasteiger partial charge < -0.3 is 20.1 Å². The van der Waals surface area contributed by atoms with Crippen LogP contribution in [0, 0.1) is 0 Å². The standard InChI is InChI=1S/C14H17BrN2O4/c1-8-12(5-6-21-8)17(2)14(20)16-9-3-4-11(15)10(7-9)13(18)19/h3-4,7-8,12H,5-6H2,1-2H3,(H,16,20)(H,18,19). The number of amides is 2. The SMILES string of the molecule is CC1OCCC1N(C)C(=O)Nc1ccc(Br)c(C(=O)O)c1. The fraction of sp³-hybridized carbons (Fsp3) is 0.429. The van der Waals surface area contributed by atoms with E-state index in [2.05, 4.69) is 21.2 Å². The molecule has 1 aromatic carbocycles. The number of carboxylic acids is 1. The predicted molar refractivity (Wildman–Crippen MR) is 81.7 cm³/mol. The van der Waals surface area contributed by atoms with Crippen molar-refractivity contribution in [3.05, 3.63) is 28.2 Å². The van der Waals surface area contributed by atoms with Crippen LogP contribution in [0.4, 0.5) is 10.5 Å². The van der Waals surface area contributed by atoms with Gasteiger partial charge in [0.15, 0.2) is 0 Å². The number of carboxylic acid groups (broad SMARTS) is 1. The van der Waals surface area contributed by atoms with Gasteiger partial charge in [0.25, 0.3) is 0 Å². The fourth-order valence-corrected chi connectivity index (χ4v) is 2.77. The highest BCUT2D eigenvalue weighted by Crippen LogP contribution is 2.23. The number of urea groups is 1. The number of likely N-dealkylation sites (N-methyl/N-ethyl adjacent to an activating group) is 1. The Labute approximate surface area is 131 Å². The molecule has 0 spiro atoms. The van der Waals surface area contributed by atoms with Gasteiger partial charge in [-0.05, 0) is 47.5 Å². The van der Waals surface area contributed by atoms with E-state index in [-0.39, 0.29) is 23.7 Å². The Morgan fingerprint density at radius 2 is 2.19 bits per heavy atom. The fourth-order valence-electron chi connectivity index (χ4n) is 2.36. The van der Waals surface area contributed by atoms with Gasteiger partial charge in [0.2, 0.25) is 0 Å². The molecule has 1 aliphatic heterocycles. The second-order valence-electron chi connectivity index (χ2n) is 4.97. The van der Waals surface area contributed by atoms with Crippen LogP contribution in [0.2, 0.25) is 0 Å². The first kappa shape index (κ1) is 15.8. The van der Waals surface area contributed by atoms with Gasteiger partial charge in [-0.2, -0.15) is 0 Å². The zero-order valence-corrected chi connectivity index (χ0v) is 13.4. The summed E-state index contributed by atoms with van der Waals surface area (Å²) >= 11 is 3.17. The normalized spacial score (nSPS) is 21.1. The van der Waals surface area contributed by atoms with Gasteiger partial charge in [-0.25, -0.2) is 9.59 Å². The van der Waals surface area contributed by atoms with Crippen LogP contribution in [0.15, 0.2) is 22.7 Å². The molecule has 1 saturated heterocycles. The van der Waals surface area contributed by atoms with Crippen molar-refractivity contribution < 1.29 is 19.4 Å². The smallest absolute Gasteiger partial charge is 0.336 e. The molecule has 114 valence electrons. The molecule has 1 fully saturated rings. The molecule has 1 aliphatic rings. The Kier molecular flexibility index (Phi) is 4.84.